The molecular weight excluding hydrogens is 399 g/mol. The Morgan fingerprint density at radius 1 is 1.27 bits per heavy atom. The maximum atomic E-state index is 13.3. The molecule has 160 valence electrons. The van der Waals surface area contributed by atoms with Gasteiger partial charge in [-0.3, -0.25) is 9.69 Å². The van der Waals surface area contributed by atoms with E-state index >= 15 is 0 Å². The largest absolute Gasteiger partial charge is 0.454 e. The monoisotopic (exact) mass is 421 g/mol. The lowest BCUT2D eigenvalue weighted by Crippen LogP contribution is -2.34. The Morgan fingerprint density at radius 3 is 2.77 bits per heavy atom. The molecule has 0 aromatic heterocycles. The van der Waals surface area contributed by atoms with Gasteiger partial charge in [-0.2, -0.15) is 13.2 Å². The lowest BCUT2D eigenvalue weighted by Gasteiger charge is -2.36. The highest BCUT2D eigenvalue weighted by molar-refractivity contribution is 5.82. The summed E-state index contributed by atoms with van der Waals surface area (Å²) in [5.41, 5.74) is 1.56. The number of fused-ring (bicyclic) bond motifs is 2. The first-order chi connectivity index (χ1) is 14.3. The molecule has 2 aliphatic rings. The summed E-state index contributed by atoms with van der Waals surface area (Å²) >= 11 is 0. The fourth-order valence-electron chi connectivity index (χ4n) is 4.34. The van der Waals surface area contributed by atoms with E-state index in [-0.39, 0.29) is 43.6 Å². The second-order valence-corrected chi connectivity index (χ2v) is 7.64. The molecule has 30 heavy (non-hydrogen) atoms. The number of ether oxygens (including phenoxy) is 2. The summed E-state index contributed by atoms with van der Waals surface area (Å²) in [7, 11) is 1.87. The van der Waals surface area contributed by atoms with Gasteiger partial charge in [0, 0.05) is 31.0 Å². The van der Waals surface area contributed by atoms with Crippen LogP contribution < -0.4 is 9.47 Å². The normalized spacial score (nSPS) is 18.4. The fraction of sp³-hybridized carbons (Fsp3) is 0.409. The molecule has 0 radical (unpaired) electrons. The molecule has 0 saturated carbocycles. The minimum Gasteiger partial charge on any atom is -0.454 e. The van der Waals surface area contributed by atoms with E-state index in [1.807, 2.05) is 18.0 Å². The van der Waals surface area contributed by atoms with Crippen molar-refractivity contribution < 1.29 is 32.5 Å². The quantitative estimate of drug-likeness (QED) is 0.799. The molecule has 0 saturated heterocycles. The first kappa shape index (κ1) is 20.7. The molecule has 0 amide bonds. The smallest absolute Gasteiger partial charge is 0.416 e. The van der Waals surface area contributed by atoms with Gasteiger partial charge in [0.15, 0.2) is 11.5 Å². The van der Waals surface area contributed by atoms with E-state index < -0.39 is 11.7 Å². The van der Waals surface area contributed by atoms with Gasteiger partial charge < -0.3 is 14.6 Å². The molecule has 0 fully saturated rings. The number of likely N-dealkylation sites (N-methyl/N-ethyl adjacent to an activating group) is 1. The second-order valence-electron chi connectivity index (χ2n) is 7.64. The maximum absolute atomic E-state index is 13.3. The molecule has 2 aromatic carbocycles. The van der Waals surface area contributed by atoms with Crippen molar-refractivity contribution in [2.24, 2.45) is 0 Å². The van der Waals surface area contributed by atoms with Crippen LogP contribution in [-0.2, 0) is 30.4 Å². The lowest BCUT2D eigenvalue weighted by atomic mass is 9.85. The summed E-state index contributed by atoms with van der Waals surface area (Å²) in [5.74, 6) is 0.760. The highest BCUT2D eigenvalue weighted by Gasteiger charge is 2.36. The van der Waals surface area contributed by atoms with Crippen LogP contribution >= 0.6 is 0 Å². The van der Waals surface area contributed by atoms with Crippen molar-refractivity contribution in [3.8, 4) is 11.5 Å². The van der Waals surface area contributed by atoms with Crippen molar-refractivity contribution in [1.29, 1.82) is 0 Å². The molecule has 8 heteroatoms. The number of ketones is 1. The molecule has 1 N–H and O–H groups in total. The highest BCUT2D eigenvalue weighted by atomic mass is 19.4. The predicted molar refractivity (Wildman–Crippen MR) is 102 cm³/mol. The molecule has 0 bridgehead atoms. The number of carbonyl (C=O) groups excluding carboxylic acids is 1. The number of carbonyl (C=O) groups is 1. The van der Waals surface area contributed by atoms with Gasteiger partial charge in [0.2, 0.25) is 6.79 Å². The standard InChI is InChI=1S/C22H22F3NO4/c1-26-7-6-14-9-19-21(30-12-29-19)16(11-27)20(14)18(26)10-15(28)8-13-4-2-3-5-17(13)22(23,24)25/h2-5,9,18,27H,6-8,10-12H2,1H3. The number of benzene rings is 2. The molecule has 2 aliphatic heterocycles. The molecule has 2 heterocycles. The van der Waals surface area contributed by atoms with E-state index in [1.165, 1.54) is 18.2 Å². The Balaban J connectivity index is 1.63. The van der Waals surface area contributed by atoms with Crippen molar-refractivity contribution in [1.82, 2.24) is 4.90 Å². The second kappa shape index (κ2) is 7.92. The van der Waals surface area contributed by atoms with E-state index in [0.29, 0.717) is 23.6 Å². The lowest BCUT2D eigenvalue weighted by molar-refractivity contribution is -0.138. The number of nitrogens with zero attached hydrogens (tertiary/aromatic N) is 1. The molecule has 2 aromatic rings. The van der Waals surface area contributed by atoms with E-state index in [0.717, 1.165) is 23.6 Å². The number of hydrogen-bond donors (Lipinski definition) is 1. The minimum atomic E-state index is -4.51. The third-order valence-electron chi connectivity index (χ3n) is 5.78. The van der Waals surface area contributed by atoms with E-state index in [4.69, 9.17) is 9.47 Å². The highest BCUT2D eigenvalue weighted by Crippen LogP contribution is 2.45. The Morgan fingerprint density at radius 2 is 2.03 bits per heavy atom. The van der Waals surface area contributed by atoms with Crippen LogP contribution in [0.2, 0.25) is 0 Å². The average molecular weight is 421 g/mol. The van der Waals surface area contributed by atoms with Gasteiger partial charge in [0.05, 0.1) is 12.2 Å². The molecule has 1 unspecified atom stereocenters. The minimum absolute atomic E-state index is 0.0262. The van der Waals surface area contributed by atoms with Crippen LogP contribution in [0.5, 0.6) is 11.5 Å². The number of aliphatic hydroxyl groups is 1. The number of rotatable bonds is 5. The van der Waals surface area contributed by atoms with Crippen LogP contribution in [0.25, 0.3) is 0 Å². The summed E-state index contributed by atoms with van der Waals surface area (Å²) in [5, 5.41) is 9.99. The third-order valence-corrected chi connectivity index (χ3v) is 5.78. The van der Waals surface area contributed by atoms with E-state index in [2.05, 4.69) is 0 Å². The van der Waals surface area contributed by atoms with Crippen molar-refractivity contribution in [3.63, 3.8) is 0 Å². The number of Topliss-reactive ketones (excluding diaryl/α,β-unsaturated/α-hetero) is 1. The summed E-state index contributed by atoms with van der Waals surface area (Å²) in [6.45, 7) is 0.484. The third kappa shape index (κ3) is 3.77. The molecule has 4 rings (SSSR count). The summed E-state index contributed by atoms with van der Waals surface area (Å²) in [6.07, 6.45) is -4.04. The Kier molecular flexibility index (Phi) is 5.46. The summed E-state index contributed by atoms with van der Waals surface area (Å²) < 4.78 is 50.8. The van der Waals surface area contributed by atoms with Crippen molar-refractivity contribution in [2.75, 3.05) is 20.4 Å². The van der Waals surface area contributed by atoms with Crippen LogP contribution in [0.15, 0.2) is 30.3 Å². The first-order valence-corrected chi connectivity index (χ1v) is 9.71. The Labute approximate surface area is 172 Å². The molecule has 0 aliphatic carbocycles. The van der Waals surface area contributed by atoms with Crippen LogP contribution in [0.3, 0.4) is 0 Å². The van der Waals surface area contributed by atoms with Crippen molar-refractivity contribution in [3.05, 3.63) is 58.1 Å². The van der Waals surface area contributed by atoms with Crippen molar-refractivity contribution >= 4 is 5.78 Å². The van der Waals surface area contributed by atoms with Gasteiger partial charge in [-0.1, -0.05) is 18.2 Å². The molecule has 1 atom stereocenters. The number of alkyl halides is 3. The maximum Gasteiger partial charge on any atom is 0.416 e. The van der Waals surface area contributed by atoms with Crippen LogP contribution in [0, 0.1) is 0 Å². The molecule has 0 spiro atoms. The van der Waals surface area contributed by atoms with Crippen LogP contribution in [0.4, 0.5) is 13.2 Å². The summed E-state index contributed by atoms with van der Waals surface area (Å²) in [4.78, 5) is 14.8. The zero-order chi connectivity index (χ0) is 21.5. The van der Waals surface area contributed by atoms with E-state index in [9.17, 15) is 23.1 Å². The SMILES string of the molecule is CN1CCc2cc3c(c(CO)c2C1CC(=O)Cc1ccccc1C(F)(F)F)OCO3. The summed E-state index contributed by atoms with van der Waals surface area (Å²) in [6, 6.07) is 6.69. The number of hydrogen-bond acceptors (Lipinski definition) is 5. The fourth-order valence-corrected chi connectivity index (χ4v) is 4.34. The average Bonchev–Trinajstić information content (AvgIpc) is 3.16. The van der Waals surface area contributed by atoms with Gasteiger partial charge in [-0.25, -0.2) is 0 Å². The zero-order valence-corrected chi connectivity index (χ0v) is 16.5. The zero-order valence-electron chi connectivity index (χ0n) is 16.5. The predicted octanol–water partition coefficient (Wildman–Crippen LogP) is 3.66. The van der Waals surface area contributed by atoms with Crippen molar-refractivity contribution in [2.45, 2.75) is 38.1 Å². The van der Waals surface area contributed by atoms with Gasteiger partial charge in [-0.15, -0.1) is 0 Å². The molecular formula is C22H22F3NO4. The van der Waals surface area contributed by atoms with Gasteiger partial charge in [-0.05, 0) is 42.3 Å². The van der Waals surface area contributed by atoms with Gasteiger partial charge in [0.1, 0.15) is 5.78 Å². The number of halogens is 3. The van der Waals surface area contributed by atoms with Gasteiger partial charge >= 0.3 is 6.18 Å². The van der Waals surface area contributed by atoms with Crippen LogP contribution in [0.1, 0.15) is 40.3 Å². The van der Waals surface area contributed by atoms with E-state index in [1.54, 1.807) is 0 Å². The Hall–Kier alpha value is -2.58. The van der Waals surface area contributed by atoms with Gasteiger partial charge in [0.25, 0.3) is 0 Å². The topological polar surface area (TPSA) is 59.0 Å². The number of aliphatic hydroxyl groups excluding tert-OH is 1. The molecule has 5 nitrogen and oxygen atoms in total. The Bertz CT molecular complexity index is 974. The van der Waals surface area contributed by atoms with Crippen LogP contribution in [-0.4, -0.2) is 36.2 Å². The first-order valence-electron chi connectivity index (χ1n) is 9.71.